The van der Waals surface area contributed by atoms with Crippen LogP contribution in [0.15, 0.2) is 30.3 Å². The molecular formula is C14H23NO. The maximum Gasteiger partial charge on any atom is 0.219 e. The van der Waals surface area contributed by atoms with Gasteiger partial charge in [-0.3, -0.25) is 4.79 Å². The number of carbonyl (C=O) groups is 1. The van der Waals surface area contributed by atoms with Crippen LogP contribution in [0.4, 0.5) is 0 Å². The maximum absolute atomic E-state index is 11.1. The molecule has 0 atom stereocenters. The third kappa shape index (κ3) is 7.04. The van der Waals surface area contributed by atoms with Crippen molar-refractivity contribution in [2.24, 2.45) is 0 Å². The highest BCUT2D eigenvalue weighted by Crippen LogP contribution is 2.03. The molecule has 0 aliphatic rings. The second-order valence-corrected chi connectivity index (χ2v) is 3.29. The molecule has 1 N–H and O–H groups in total. The fourth-order valence-electron chi connectivity index (χ4n) is 1.38. The molecule has 1 rings (SSSR count). The van der Waals surface area contributed by atoms with E-state index in [2.05, 4.69) is 17.4 Å². The van der Waals surface area contributed by atoms with Crippen molar-refractivity contribution in [1.82, 2.24) is 5.32 Å². The van der Waals surface area contributed by atoms with Gasteiger partial charge >= 0.3 is 0 Å². The lowest BCUT2D eigenvalue weighted by atomic mass is 10.1. The predicted molar refractivity (Wildman–Crippen MR) is 69.4 cm³/mol. The van der Waals surface area contributed by atoms with Gasteiger partial charge in [0.05, 0.1) is 0 Å². The Kier molecular flexibility index (Phi) is 9.38. The van der Waals surface area contributed by atoms with Gasteiger partial charge in [-0.05, 0) is 25.3 Å². The van der Waals surface area contributed by atoms with Crippen LogP contribution in [0.5, 0.6) is 0 Å². The minimum Gasteiger partial charge on any atom is -0.356 e. The van der Waals surface area contributed by atoms with Gasteiger partial charge in [-0.2, -0.15) is 0 Å². The predicted octanol–water partition coefficient (Wildman–Crippen LogP) is 3.17. The number of benzene rings is 1. The zero-order valence-electron chi connectivity index (χ0n) is 10.6. The van der Waals surface area contributed by atoms with Crippen molar-refractivity contribution in [2.75, 3.05) is 6.54 Å². The lowest BCUT2D eigenvalue weighted by Gasteiger charge is -2.02. The van der Waals surface area contributed by atoms with Gasteiger partial charge in [-0.1, -0.05) is 44.2 Å². The third-order valence-electron chi connectivity index (χ3n) is 2.09. The minimum atomic E-state index is 0.156. The Morgan fingerprint density at radius 2 is 1.81 bits per heavy atom. The number of aryl methyl sites for hydroxylation is 1. The molecule has 90 valence electrons. The van der Waals surface area contributed by atoms with Crippen molar-refractivity contribution >= 4 is 5.91 Å². The van der Waals surface area contributed by atoms with Crippen LogP contribution in [-0.4, -0.2) is 12.5 Å². The molecule has 0 heterocycles. The maximum atomic E-state index is 11.1. The SMILES string of the molecule is CC.CCNC(=O)CCCc1ccccc1. The number of hydrogen-bond acceptors (Lipinski definition) is 1. The first-order valence-electron chi connectivity index (χ1n) is 6.13. The summed E-state index contributed by atoms with van der Waals surface area (Å²) in [6.45, 7) is 6.67. The van der Waals surface area contributed by atoms with Crippen LogP contribution in [0.2, 0.25) is 0 Å². The van der Waals surface area contributed by atoms with Gasteiger partial charge in [0, 0.05) is 13.0 Å². The number of carbonyl (C=O) groups excluding carboxylic acids is 1. The fourth-order valence-corrected chi connectivity index (χ4v) is 1.38. The first-order chi connectivity index (χ1) is 7.83. The molecule has 0 saturated heterocycles. The van der Waals surface area contributed by atoms with Crippen LogP contribution in [0, 0.1) is 0 Å². The zero-order valence-corrected chi connectivity index (χ0v) is 10.6. The molecule has 0 bridgehead atoms. The summed E-state index contributed by atoms with van der Waals surface area (Å²) in [6, 6.07) is 10.3. The highest BCUT2D eigenvalue weighted by atomic mass is 16.1. The molecule has 16 heavy (non-hydrogen) atoms. The standard InChI is InChI=1S/C12H17NO.C2H6/c1-2-13-12(14)10-6-9-11-7-4-3-5-8-11;1-2/h3-5,7-8H,2,6,9-10H2,1H3,(H,13,14);1-2H3. The molecular weight excluding hydrogens is 198 g/mol. The molecule has 0 saturated carbocycles. The van der Waals surface area contributed by atoms with Crippen molar-refractivity contribution in [2.45, 2.75) is 40.0 Å². The van der Waals surface area contributed by atoms with E-state index in [0.717, 1.165) is 19.4 Å². The Morgan fingerprint density at radius 3 is 2.38 bits per heavy atom. The zero-order chi connectivity index (χ0) is 12.2. The van der Waals surface area contributed by atoms with Gasteiger partial charge in [-0.25, -0.2) is 0 Å². The molecule has 0 unspecified atom stereocenters. The van der Waals surface area contributed by atoms with E-state index < -0.39 is 0 Å². The van der Waals surface area contributed by atoms with Crippen LogP contribution in [0.25, 0.3) is 0 Å². The molecule has 2 heteroatoms. The summed E-state index contributed by atoms with van der Waals surface area (Å²) >= 11 is 0. The van der Waals surface area contributed by atoms with Crippen LogP contribution in [-0.2, 0) is 11.2 Å². The Morgan fingerprint density at radius 1 is 1.19 bits per heavy atom. The second-order valence-electron chi connectivity index (χ2n) is 3.29. The first kappa shape index (κ1) is 14.7. The van der Waals surface area contributed by atoms with Gasteiger partial charge in [0.15, 0.2) is 0 Å². The molecule has 1 aromatic rings. The van der Waals surface area contributed by atoms with Gasteiger partial charge < -0.3 is 5.32 Å². The van der Waals surface area contributed by atoms with E-state index in [4.69, 9.17) is 0 Å². The number of rotatable bonds is 5. The highest BCUT2D eigenvalue weighted by Gasteiger charge is 1.98. The smallest absolute Gasteiger partial charge is 0.219 e. The number of nitrogens with one attached hydrogen (secondary N) is 1. The second kappa shape index (κ2) is 10.2. The van der Waals surface area contributed by atoms with Crippen molar-refractivity contribution in [3.63, 3.8) is 0 Å². The fraction of sp³-hybridized carbons (Fsp3) is 0.500. The lowest BCUT2D eigenvalue weighted by Crippen LogP contribution is -2.22. The van der Waals surface area contributed by atoms with E-state index in [1.54, 1.807) is 0 Å². The molecule has 1 amide bonds. The van der Waals surface area contributed by atoms with E-state index in [9.17, 15) is 4.79 Å². The van der Waals surface area contributed by atoms with Crippen LogP contribution >= 0.6 is 0 Å². The molecule has 0 aliphatic carbocycles. The molecule has 0 radical (unpaired) electrons. The summed E-state index contributed by atoms with van der Waals surface area (Å²) < 4.78 is 0. The molecule has 0 aromatic heterocycles. The van der Waals surface area contributed by atoms with E-state index in [1.807, 2.05) is 39.0 Å². The Balaban J connectivity index is 0.00000106. The van der Waals surface area contributed by atoms with Crippen LogP contribution in [0.3, 0.4) is 0 Å². The summed E-state index contributed by atoms with van der Waals surface area (Å²) in [7, 11) is 0. The molecule has 2 nitrogen and oxygen atoms in total. The normalized spacial score (nSPS) is 8.94. The van der Waals surface area contributed by atoms with Crippen molar-refractivity contribution in [3.8, 4) is 0 Å². The van der Waals surface area contributed by atoms with E-state index in [0.29, 0.717) is 6.42 Å². The van der Waals surface area contributed by atoms with Gasteiger partial charge in [0.2, 0.25) is 5.91 Å². The molecule has 0 fully saturated rings. The highest BCUT2D eigenvalue weighted by molar-refractivity contribution is 5.75. The van der Waals surface area contributed by atoms with E-state index >= 15 is 0 Å². The van der Waals surface area contributed by atoms with Crippen molar-refractivity contribution < 1.29 is 4.79 Å². The summed E-state index contributed by atoms with van der Waals surface area (Å²) in [5, 5.41) is 2.79. The van der Waals surface area contributed by atoms with E-state index in [-0.39, 0.29) is 5.91 Å². The minimum absolute atomic E-state index is 0.156. The van der Waals surface area contributed by atoms with Crippen LogP contribution in [0.1, 0.15) is 39.2 Å². The van der Waals surface area contributed by atoms with Gasteiger partial charge in [0.1, 0.15) is 0 Å². The largest absolute Gasteiger partial charge is 0.356 e. The average molecular weight is 221 g/mol. The van der Waals surface area contributed by atoms with Crippen molar-refractivity contribution in [3.05, 3.63) is 35.9 Å². The quantitative estimate of drug-likeness (QED) is 0.813. The van der Waals surface area contributed by atoms with Crippen molar-refractivity contribution in [1.29, 1.82) is 0 Å². The third-order valence-corrected chi connectivity index (χ3v) is 2.09. The Hall–Kier alpha value is -1.31. The number of amides is 1. The first-order valence-corrected chi connectivity index (χ1v) is 6.13. The Bertz CT molecular complexity index is 269. The topological polar surface area (TPSA) is 29.1 Å². The summed E-state index contributed by atoms with van der Waals surface area (Å²) in [4.78, 5) is 11.1. The monoisotopic (exact) mass is 221 g/mol. The summed E-state index contributed by atoms with van der Waals surface area (Å²) in [5.74, 6) is 0.156. The van der Waals surface area contributed by atoms with Gasteiger partial charge in [0.25, 0.3) is 0 Å². The summed E-state index contributed by atoms with van der Waals surface area (Å²) in [5.41, 5.74) is 1.30. The lowest BCUT2D eigenvalue weighted by molar-refractivity contribution is -0.121. The van der Waals surface area contributed by atoms with E-state index in [1.165, 1.54) is 5.56 Å². The van der Waals surface area contributed by atoms with Crippen LogP contribution < -0.4 is 5.32 Å². The number of hydrogen-bond donors (Lipinski definition) is 1. The molecule has 0 spiro atoms. The Labute approximate surface area is 99.1 Å². The molecule has 1 aromatic carbocycles. The average Bonchev–Trinajstić information content (AvgIpc) is 2.33. The molecule has 0 aliphatic heterocycles. The van der Waals surface area contributed by atoms with Gasteiger partial charge in [-0.15, -0.1) is 0 Å². The summed E-state index contributed by atoms with van der Waals surface area (Å²) in [6.07, 6.45) is 2.54.